The Balaban J connectivity index is 1.47. The van der Waals surface area contributed by atoms with Gasteiger partial charge in [0.25, 0.3) is 11.8 Å². The van der Waals surface area contributed by atoms with Crippen molar-refractivity contribution in [1.29, 1.82) is 0 Å². The molecule has 160 valence electrons. The summed E-state index contributed by atoms with van der Waals surface area (Å²) in [6, 6.07) is 17.7. The molecule has 0 saturated heterocycles. The molecule has 31 heavy (non-hydrogen) atoms. The minimum atomic E-state index is -0.128. The number of fused-ring (bicyclic) bond motifs is 1. The summed E-state index contributed by atoms with van der Waals surface area (Å²) in [5.41, 5.74) is 4.66. The van der Waals surface area contributed by atoms with Crippen LogP contribution >= 0.6 is 0 Å². The lowest BCUT2D eigenvalue weighted by atomic mass is 10.1. The van der Waals surface area contributed by atoms with Crippen LogP contribution < -0.4 is 10.2 Å². The molecule has 1 aliphatic rings. The maximum absolute atomic E-state index is 13.1. The van der Waals surface area contributed by atoms with Gasteiger partial charge in [0, 0.05) is 37.9 Å². The van der Waals surface area contributed by atoms with E-state index in [4.69, 9.17) is 4.42 Å². The number of amides is 2. The summed E-state index contributed by atoms with van der Waals surface area (Å²) < 4.78 is 5.73. The first kappa shape index (κ1) is 20.7. The Bertz CT molecular complexity index is 1090. The smallest absolute Gasteiger partial charge is 0.257 e. The minimum absolute atomic E-state index is 0.0840. The molecule has 0 fully saturated rings. The molecule has 6 heteroatoms. The lowest BCUT2D eigenvalue weighted by Crippen LogP contribution is -2.31. The van der Waals surface area contributed by atoms with Gasteiger partial charge in [0.1, 0.15) is 5.76 Å². The molecule has 4 rings (SSSR count). The molecular weight excluding hydrogens is 390 g/mol. The van der Waals surface area contributed by atoms with Gasteiger partial charge in [0.05, 0.1) is 18.4 Å². The van der Waals surface area contributed by atoms with Gasteiger partial charge in [-0.2, -0.15) is 0 Å². The van der Waals surface area contributed by atoms with E-state index in [0.29, 0.717) is 36.0 Å². The average Bonchev–Trinajstić information content (AvgIpc) is 3.37. The molecule has 2 amide bonds. The van der Waals surface area contributed by atoms with Crippen LogP contribution in [-0.4, -0.2) is 36.9 Å². The standard InChI is InChI=1S/C25H27N3O3/c1-17-14-20-6-4-5-7-22(20)28(17)16-23-21(12-13-31-23)25(30)27(3)15-18-8-10-19(11-9-18)24(29)26-2/h4-13,17H,14-16H2,1-3H3,(H,26,29). The van der Waals surface area contributed by atoms with E-state index in [0.717, 1.165) is 12.0 Å². The van der Waals surface area contributed by atoms with Gasteiger partial charge in [-0.15, -0.1) is 0 Å². The van der Waals surface area contributed by atoms with Crippen LogP contribution in [0.15, 0.2) is 65.3 Å². The molecule has 0 aliphatic carbocycles. The van der Waals surface area contributed by atoms with Crippen molar-refractivity contribution in [3.05, 3.63) is 88.9 Å². The van der Waals surface area contributed by atoms with Gasteiger partial charge in [-0.05, 0) is 48.7 Å². The van der Waals surface area contributed by atoms with E-state index in [9.17, 15) is 9.59 Å². The van der Waals surface area contributed by atoms with E-state index in [1.807, 2.05) is 18.2 Å². The van der Waals surface area contributed by atoms with Crippen LogP contribution in [0, 0.1) is 0 Å². The van der Waals surface area contributed by atoms with E-state index in [1.165, 1.54) is 11.3 Å². The van der Waals surface area contributed by atoms with Crippen LogP contribution in [0.25, 0.3) is 0 Å². The van der Waals surface area contributed by atoms with Crippen LogP contribution in [0.3, 0.4) is 0 Å². The van der Waals surface area contributed by atoms with Crippen LogP contribution in [0.1, 0.15) is 44.5 Å². The van der Waals surface area contributed by atoms with Crippen molar-refractivity contribution in [2.45, 2.75) is 32.5 Å². The number of furan rings is 1. The Hall–Kier alpha value is -3.54. The van der Waals surface area contributed by atoms with Crippen LogP contribution in [0.2, 0.25) is 0 Å². The molecule has 6 nitrogen and oxygen atoms in total. The first-order valence-electron chi connectivity index (χ1n) is 10.5. The van der Waals surface area contributed by atoms with E-state index in [-0.39, 0.29) is 11.8 Å². The van der Waals surface area contributed by atoms with Gasteiger partial charge in [-0.3, -0.25) is 9.59 Å². The molecular formula is C25H27N3O3. The first-order valence-corrected chi connectivity index (χ1v) is 10.5. The number of nitrogens with one attached hydrogen (secondary N) is 1. The van der Waals surface area contributed by atoms with Crippen molar-refractivity contribution in [2.75, 3.05) is 19.0 Å². The van der Waals surface area contributed by atoms with Gasteiger partial charge < -0.3 is 19.5 Å². The van der Waals surface area contributed by atoms with Gasteiger partial charge >= 0.3 is 0 Å². The highest BCUT2D eigenvalue weighted by atomic mass is 16.3. The minimum Gasteiger partial charge on any atom is -0.467 e. The molecule has 1 unspecified atom stereocenters. The maximum atomic E-state index is 13.1. The second-order valence-corrected chi connectivity index (χ2v) is 8.00. The zero-order chi connectivity index (χ0) is 22.0. The maximum Gasteiger partial charge on any atom is 0.257 e. The predicted molar refractivity (Wildman–Crippen MR) is 120 cm³/mol. The molecule has 2 aromatic carbocycles. The number of carbonyl (C=O) groups is 2. The number of anilines is 1. The van der Waals surface area contributed by atoms with Crippen LogP contribution in [0.4, 0.5) is 5.69 Å². The lowest BCUT2D eigenvalue weighted by Gasteiger charge is -2.25. The molecule has 3 aromatic rings. The summed E-state index contributed by atoms with van der Waals surface area (Å²) in [6.45, 7) is 3.19. The van der Waals surface area contributed by atoms with Crippen LogP contribution in [0.5, 0.6) is 0 Å². The zero-order valence-corrected chi connectivity index (χ0v) is 18.1. The van der Waals surface area contributed by atoms with E-state index >= 15 is 0 Å². The molecule has 1 N–H and O–H groups in total. The van der Waals surface area contributed by atoms with Crippen molar-refractivity contribution in [1.82, 2.24) is 10.2 Å². The SMILES string of the molecule is CNC(=O)c1ccc(CN(C)C(=O)c2ccoc2CN2c3ccccc3CC2C)cc1. The number of carbonyl (C=O) groups excluding carboxylic acids is 2. The fourth-order valence-corrected chi connectivity index (χ4v) is 4.14. The molecule has 1 aliphatic heterocycles. The van der Waals surface area contributed by atoms with E-state index in [2.05, 4.69) is 35.3 Å². The fraction of sp³-hybridized carbons (Fsp3) is 0.280. The van der Waals surface area contributed by atoms with Crippen molar-refractivity contribution in [3.63, 3.8) is 0 Å². The lowest BCUT2D eigenvalue weighted by molar-refractivity contribution is 0.0782. The number of hydrogen-bond donors (Lipinski definition) is 1. The number of nitrogens with zero attached hydrogens (tertiary/aromatic N) is 2. The number of benzene rings is 2. The molecule has 1 atom stereocenters. The van der Waals surface area contributed by atoms with Crippen molar-refractivity contribution in [2.24, 2.45) is 0 Å². The Kier molecular flexibility index (Phi) is 5.80. The monoisotopic (exact) mass is 417 g/mol. The van der Waals surface area contributed by atoms with Gasteiger partial charge in [-0.1, -0.05) is 30.3 Å². The largest absolute Gasteiger partial charge is 0.467 e. The van der Waals surface area contributed by atoms with Gasteiger partial charge in [-0.25, -0.2) is 0 Å². The quantitative estimate of drug-likeness (QED) is 0.661. The van der Waals surface area contributed by atoms with Crippen molar-refractivity contribution < 1.29 is 14.0 Å². The number of rotatable bonds is 6. The second kappa shape index (κ2) is 8.68. The van der Waals surface area contributed by atoms with E-state index in [1.54, 1.807) is 43.5 Å². The second-order valence-electron chi connectivity index (χ2n) is 8.00. The highest BCUT2D eigenvalue weighted by molar-refractivity contribution is 5.95. The highest BCUT2D eigenvalue weighted by Gasteiger charge is 2.28. The van der Waals surface area contributed by atoms with E-state index < -0.39 is 0 Å². The Morgan fingerprint density at radius 3 is 2.61 bits per heavy atom. The van der Waals surface area contributed by atoms with Gasteiger partial charge in [0.2, 0.25) is 0 Å². The topological polar surface area (TPSA) is 65.8 Å². The molecule has 0 radical (unpaired) electrons. The third-order valence-corrected chi connectivity index (χ3v) is 5.85. The average molecular weight is 418 g/mol. The summed E-state index contributed by atoms with van der Waals surface area (Å²) in [5, 5.41) is 2.61. The Morgan fingerprint density at radius 1 is 1.13 bits per heavy atom. The van der Waals surface area contributed by atoms with Crippen LogP contribution in [-0.2, 0) is 19.5 Å². The summed E-state index contributed by atoms with van der Waals surface area (Å²) >= 11 is 0. The molecule has 0 bridgehead atoms. The zero-order valence-electron chi connectivity index (χ0n) is 18.1. The summed E-state index contributed by atoms with van der Waals surface area (Å²) in [7, 11) is 3.38. The number of hydrogen-bond acceptors (Lipinski definition) is 4. The van der Waals surface area contributed by atoms with Gasteiger partial charge in [0.15, 0.2) is 0 Å². The fourth-order valence-electron chi connectivity index (χ4n) is 4.14. The summed E-state index contributed by atoms with van der Waals surface area (Å²) in [4.78, 5) is 28.8. The first-order chi connectivity index (χ1) is 15.0. The Labute approximate surface area is 182 Å². The predicted octanol–water partition coefficient (Wildman–Crippen LogP) is 3.86. The summed E-state index contributed by atoms with van der Waals surface area (Å²) in [6.07, 6.45) is 2.58. The summed E-state index contributed by atoms with van der Waals surface area (Å²) in [5.74, 6) is 0.464. The third-order valence-electron chi connectivity index (χ3n) is 5.85. The van der Waals surface area contributed by atoms with Crippen molar-refractivity contribution >= 4 is 17.5 Å². The molecule has 1 aromatic heterocycles. The number of para-hydroxylation sites is 1. The Morgan fingerprint density at radius 2 is 1.87 bits per heavy atom. The normalized spacial score (nSPS) is 14.9. The highest BCUT2D eigenvalue weighted by Crippen LogP contribution is 2.33. The van der Waals surface area contributed by atoms with Crippen molar-refractivity contribution in [3.8, 4) is 0 Å². The molecule has 0 saturated carbocycles. The molecule has 0 spiro atoms. The molecule has 2 heterocycles. The third kappa shape index (κ3) is 4.19.